The molecule has 0 atom stereocenters. The topological polar surface area (TPSA) is 49.1 Å². The van der Waals surface area contributed by atoms with Crippen molar-refractivity contribution in [3.05, 3.63) is 41.7 Å². The molecule has 20 heavy (non-hydrogen) atoms. The molecule has 102 valence electrons. The minimum atomic E-state index is 0.604. The number of methoxy groups -OCH3 is 1. The average molecular weight is 269 g/mol. The predicted molar refractivity (Wildman–Crippen MR) is 76.7 cm³/mol. The Morgan fingerprint density at radius 3 is 2.80 bits per heavy atom. The molecule has 0 aliphatic heterocycles. The number of aryl methyl sites for hydroxylation is 2. The van der Waals surface area contributed by atoms with Gasteiger partial charge in [-0.25, -0.2) is 0 Å². The van der Waals surface area contributed by atoms with Crippen LogP contribution in [0.5, 0.6) is 5.75 Å². The van der Waals surface area contributed by atoms with Crippen molar-refractivity contribution in [3.63, 3.8) is 0 Å². The maximum absolute atomic E-state index is 11.3. The number of fused-ring (bicyclic) bond motifs is 1. The summed E-state index contributed by atoms with van der Waals surface area (Å²) in [6, 6.07) is 7.87. The van der Waals surface area contributed by atoms with Crippen LogP contribution in [0.25, 0.3) is 16.7 Å². The molecule has 1 aromatic carbocycles. The highest BCUT2D eigenvalue weighted by Crippen LogP contribution is 2.26. The maximum Gasteiger partial charge on any atom is 0.155 e. The van der Waals surface area contributed by atoms with Gasteiger partial charge in [0.2, 0.25) is 0 Å². The first-order chi connectivity index (χ1) is 9.65. The van der Waals surface area contributed by atoms with Crippen molar-refractivity contribution in [1.29, 1.82) is 0 Å². The van der Waals surface area contributed by atoms with Crippen molar-refractivity contribution in [2.75, 3.05) is 7.11 Å². The van der Waals surface area contributed by atoms with Gasteiger partial charge in [-0.05, 0) is 25.1 Å². The molecule has 0 radical (unpaired) electrons. The minimum absolute atomic E-state index is 0.604. The molecule has 0 amide bonds. The van der Waals surface area contributed by atoms with E-state index in [1.54, 1.807) is 11.8 Å². The van der Waals surface area contributed by atoms with Crippen LogP contribution in [0.15, 0.2) is 30.5 Å². The molecular weight excluding hydrogens is 254 g/mol. The zero-order valence-corrected chi connectivity index (χ0v) is 11.6. The molecule has 2 aromatic heterocycles. The van der Waals surface area contributed by atoms with Gasteiger partial charge in [-0.2, -0.15) is 5.10 Å². The lowest BCUT2D eigenvalue weighted by Crippen LogP contribution is -2.04. The molecule has 0 saturated heterocycles. The van der Waals surface area contributed by atoms with Crippen LogP contribution in [0.4, 0.5) is 0 Å². The van der Waals surface area contributed by atoms with E-state index in [4.69, 9.17) is 4.74 Å². The van der Waals surface area contributed by atoms with E-state index >= 15 is 0 Å². The summed E-state index contributed by atoms with van der Waals surface area (Å²) >= 11 is 0. The number of hydrogen-bond acceptors (Lipinski definition) is 3. The largest absolute Gasteiger partial charge is 0.497 e. The molecule has 0 fully saturated rings. The number of carbonyl (C=O) groups is 1. The normalized spacial score (nSPS) is 10.9. The number of ether oxygens (including phenoxy) is 1. The summed E-state index contributed by atoms with van der Waals surface area (Å²) in [4.78, 5) is 11.3. The lowest BCUT2D eigenvalue weighted by Gasteiger charge is -2.08. The second-order valence-electron chi connectivity index (χ2n) is 4.67. The fraction of sp³-hybridized carbons (Fsp3) is 0.200. The molecule has 0 bridgehead atoms. The van der Waals surface area contributed by atoms with Gasteiger partial charge in [0.05, 0.1) is 23.9 Å². The van der Waals surface area contributed by atoms with E-state index in [1.807, 2.05) is 49.0 Å². The molecule has 3 aromatic rings. The lowest BCUT2D eigenvalue weighted by atomic mass is 10.2. The van der Waals surface area contributed by atoms with Crippen LogP contribution in [0.1, 0.15) is 16.1 Å². The predicted octanol–water partition coefficient (Wildman–Crippen LogP) is 2.49. The van der Waals surface area contributed by atoms with Gasteiger partial charge in [0, 0.05) is 24.7 Å². The quantitative estimate of drug-likeness (QED) is 0.686. The molecule has 2 heterocycles. The van der Waals surface area contributed by atoms with Crippen molar-refractivity contribution in [3.8, 4) is 11.6 Å². The molecule has 3 rings (SSSR count). The number of aromatic nitrogens is 3. The Balaban J connectivity index is 2.32. The zero-order chi connectivity index (χ0) is 14.3. The molecule has 0 N–H and O–H groups in total. The Bertz CT molecular complexity index is 799. The maximum atomic E-state index is 11.3. The number of carbonyl (C=O) groups excluding carboxylic acids is 1. The number of nitrogens with zero attached hydrogens (tertiary/aromatic N) is 3. The molecule has 0 saturated carbocycles. The molecule has 5 nitrogen and oxygen atoms in total. The van der Waals surface area contributed by atoms with E-state index in [9.17, 15) is 4.79 Å². The van der Waals surface area contributed by atoms with E-state index < -0.39 is 0 Å². The fourth-order valence-electron chi connectivity index (χ4n) is 2.51. The summed E-state index contributed by atoms with van der Waals surface area (Å²) in [6.07, 6.45) is 2.79. The van der Waals surface area contributed by atoms with E-state index in [-0.39, 0.29) is 0 Å². The van der Waals surface area contributed by atoms with Crippen LogP contribution < -0.4 is 4.74 Å². The van der Waals surface area contributed by atoms with Gasteiger partial charge in [0.15, 0.2) is 6.29 Å². The molecular formula is C15H15N3O2. The SMILES string of the molecule is COc1ccc2ccn(-c3c(C=O)c(C)nn3C)c2c1. The highest BCUT2D eigenvalue weighted by molar-refractivity contribution is 5.87. The monoisotopic (exact) mass is 269 g/mol. The second kappa shape index (κ2) is 4.52. The van der Waals surface area contributed by atoms with E-state index in [0.29, 0.717) is 5.56 Å². The zero-order valence-electron chi connectivity index (χ0n) is 11.6. The Morgan fingerprint density at radius 1 is 1.30 bits per heavy atom. The third-order valence-corrected chi connectivity index (χ3v) is 3.48. The van der Waals surface area contributed by atoms with Gasteiger partial charge >= 0.3 is 0 Å². The summed E-state index contributed by atoms with van der Waals surface area (Å²) in [5, 5.41) is 5.41. The first-order valence-electron chi connectivity index (χ1n) is 6.30. The first kappa shape index (κ1) is 12.5. The molecule has 0 spiro atoms. The van der Waals surface area contributed by atoms with Gasteiger partial charge in [0.25, 0.3) is 0 Å². The summed E-state index contributed by atoms with van der Waals surface area (Å²) in [5.41, 5.74) is 2.31. The van der Waals surface area contributed by atoms with Crippen LogP contribution in [0.2, 0.25) is 0 Å². The van der Waals surface area contributed by atoms with E-state index in [2.05, 4.69) is 5.10 Å². The van der Waals surface area contributed by atoms with Crippen molar-refractivity contribution < 1.29 is 9.53 Å². The Labute approximate surface area is 116 Å². The smallest absolute Gasteiger partial charge is 0.155 e. The van der Waals surface area contributed by atoms with E-state index in [1.165, 1.54) is 0 Å². The van der Waals surface area contributed by atoms with Gasteiger partial charge in [-0.3, -0.25) is 9.48 Å². The molecule has 5 heteroatoms. The standard InChI is InChI=1S/C15H15N3O2/c1-10-13(9-19)15(17(2)16-10)18-7-6-11-4-5-12(20-3)8-14(11)18/h4-9H,1-3H3. The van der Waals surface area contributed by atoms with Crippen LogP contribution >= 0.6 is 0 Å². The van der Waals surface area contributed by atoms with Crippen molar-refractivity contribution >= 4 is 17.2 Å². The first-order valence-corrected chi connectivity index (χ1v) is 6.30. The van der Waals surface area contributed by atoms with Crippen LogP contribution in [0, 0.1) is 6.92 Å². The van der Waals surface area contributed by atoms with Gasteiger partial charge < -0.3 is 9.30 Å². The third kappa shape index (κ3) is 1.71. The number of aldehydes is 1. The van der Waals surface area contributed by atoms with Crippen LogP contribution in [0.3, 0.4) is 0 Å². The third-order valence-electron chi connectivity index (χ3n) is 3.48. The number of hydrogen-bond donors (Lipinski definition) is 0. The summed E-state index contributed by atoms with van der Waals surface area (Å²) in [5.74, 6) is 1.55. The minimum Gasteiger partial charge on any atom is -0.497 e. The van der Waals surface area contributed by atoms with Gasteiger partial charge in [-0.1, -0.05) is 0 Å². The summed E-state index contributed by atoms with van der Waals surface area (Å²) in [7, 11) is 3.47. The second-order valence-corrected chi connectivity index (χ2v) is 4.67. The van der Waals surface area contributed by atoms with Crippen LogP contribution in [-0.4, -0.2) is 27.7 Å². The Kier molecular flexibility index (Phi) is 2.82. The van der Waals surface area contributed by atoms with Crippen molar-refractivity contribution in [2.24, 2.45) is 7.05 Å². The number of benzene rings is 1. The van der Waals surface area contributed by atoms with Crippen molar-refractivity contribution in [1.82, 2.24) is 14.3 Å². The average Bonchev–Trinajstić information content (AvgIpc) is 2.97. The molecule has 0 aliphatic carbocycles. The lowest BCUT2D eigenvalue weighted by molar-refractivity contribution is 0.112. The van der Waals surface area contributed by atoms with Gasteiger partial charge in [-0.15, -0.1) is 0 Å². The summed E-state index contributed by atoms with van der Waals surface area (Å²) in [6.45, 7) is 1.83. The van der Waals surface area contributed by atoms with Crippen LogP contribution in [-0.2, 0) is 7.05 Å². The van der Waals surface area contributed by atoms with Crippen molar-refractivity contribution in [2.45, 2.75) is 6.92 Å². The summed E-state index contributed by atoms with van der Waals surface area (Å²) < 4.78 is 8.95. The Morgan fingerprint density at radius 2 is 2.10 bits per heavy atom. The number of rotatable bonds is 3. The Hall–Kier alpha value is -2.56. The highest BCUT2D eigenvalue weighted by Gasteiger charge is 2.16. The molecule has 0 aliphatic rings. The highest BCUT2D eigenvalue weighted by atomic mass is 16.5. The fourth-order valence-corrected chi connectivity index (χ4v) is 2.51. The molecule has 0 unspecified atom stereocenters. The van der Waals surface area contributed by atoms with E-state index in [0.717, 1.165) is 34.5 Å². The van der Waals surface area contributed by atoms with Gasteiger partial charge in [0.1, 0.15) is 11.6 Å².